The maximum Gasteiger partial charge on any atom is 0.246 e. The molecular weight excluding hydrogens is 402 g/mol. The van der Waals surface area contributed by atoms with Gasteiger partial charge in [0.25, 0.3) is 0 Å². The highest BCUT2D eigenvalue weighted by Gasteiger charge is 2.23. The predicted octanol–water partition coefficient (Wildman–Crippen LogP) is 3.37. The van der Waals surface area contributed by atoms with Crippen molar-refractivity contribution in [3.8, 4) is 22.9 Å². The molecule has 30 heavy (non-hydrogen) atoms. The summed E-state index contributed by atoms with van der Waals surface area (Å²) in [4.78, 5) is 27.7. The van der Waals surface area contributed by atoms with Crippen LogP contribution in [-0.4, -0.2) is 52.9 Å². The maximum absolute atomic E-state index is 12.6. The molecule has 1 fully saturated rings. The Morgan fingerprint density at radius 3 is 2.47 bits per heavy atom. The third-order valence-electron chi connectivity index (χ3n) is 5.23. The van der Waals surface area contributed by atoms with Gasteiger partial charge in [0, 0.05) is 43.7 Å². The predicted molar refractivity (Wildman–Crippen MR) is 115 cm³/mol. The number of hydrogen-bond donors (Lipinski definition) is 1. The number of aryl methyl sites for hydroxylation is 1. The van der Waals surface area contributed by atoms with Crippen molar-refractivity contribution in [2.75, 3.05) is 26.2 Å². The first kappa shape index (κ1) is 21.4. The first-order valence-electron chi connectivity index (χ1n) is 9.64. The van der Waals surface area contributed by atoms with Gasteiger partial charge in [-0.1, -0.05) is 36.4 Å². The summed E-state index contributed by atoms with van der Waals surface area (Å²) in [6.45, 7) is 5.41. The largest absolute Gasteiger partial charge is 0.508 e. The average molecular weight is 424 g/mol. The van der Waals surface area contributed by atoms with E-state index in [1.165, 1.54) is 12.1 Å². The van der Waals surface area contributed by atoms with E-state index >= 15 is 0 Å². The number of piperazine rings is 1. The third kappa shape index (κ3) is 4.64. The van der Waals surface area contributed by atoms with Crippen LogP contribution in [0.3, 0.4) is 0 Å². The molecule has 2 aromatic rings. The molecule has 154 valence electrons. The van der Waals surface area contributed by atoms with Crippen LogP contribution >= 0.6 is 11.6 Å². The second-order valence-corrected chi connectivity index (χ2v) is 7.44. The van der Waals surface area contributed by atoms with Crippen molar-refractivity contribution in [3.05, 3.63) is 65.2 Å². The van der Waals surface area contributed by atoms with Crippen LogP contribution in [0.2, 0.25) is 5.02 Å². The molecule has 7 heteroatoms. The lowest BCUT2D eigenvalue weighted by Crippen LogP contribution is -2.50. The lowest BCUT2D eigenvalue weighted by molar-refractivity contribution is -0.137. The fourth-order valence-corrected chi connectivity index (χ4v) is 3.79. The van der Waals surface area contributed by atoms with E-state index in [0.717, 1.165) is 0 Å². The first-order valence-corrected chi connectivity index (χ1v) is 10.0. The van der Waals surface area contributed by atoms with Crippen LogP contribution in [0.15, 0.2) is 49.1 Å². The van der Waals surface area contributed by atoms with E-state index in [9.17, 15) is 20.0 Å². The molecule has 6 nitrogen and oxygen atoms in total. The summed E-state index contributed by atoms with van der Waals surface area (Å²) in [6, 6.07) is 12.4. The molecule has 0 atom stereocenters. The van der Waals surface area contributed by atoms with Crippen LogP contribution in [0.1, 0.15) is 17.5 Å². The van der Waals surface area contributed by atoms with E-state index in [4.69, 9.17) is 11.6 Å². The van der Waals surface area contributed by atoms with Gasteiger partial charge in [0.15, 0.2) is 0 Å². The summed E-state index contributed by atoms with van der Waals surface area (Å²) < 4.78 is 0. The van der Waals surface area contributed by atoms with Gasteiger partial charge in [-0.15, -0.1) is 0 Å². The minimum Gasteiger partial charge on any atom is -0.508 e. The summed E-state index contributed by atoms with van der Waals surface area (Å²) in [5.74, 6) is -0.139. The molecule has 3 rings (SSSR count). The lowest BCUT2D eigenvalue weighted by atomic mass is 9.96. The number of aromatic hydroxyl groups is 1. The number of carbonyl (C=O) groups is 2. The molecule has 0 radical (unpaired) electrons. The Bertz CT molecular complexity index is 1020. The summed E-state index contributed by atoms with van der Waals surface area (Å²) in [7, 11) is 0. The highest BCUT2D eigenvalue weighted by Crippen LogP contribution is 2.35. The molecule has 1 heterocycles. The molecule has 0 bridgehead atoms. The zero-order valence-electron chi connectivity index (χ0n) is 16.5. The van der Waals surface area contributed by atoms with Crippen LogP contribution in [0, 0.1) is 11.3 Å². The number of benzene rings is 2. The van der Waals surface area contributed by atoms with Crippen molar-refractivity contribution >= 4 is 23.4 Å². The third-order valence-corrected chi connectivity index (χ3v) is 5.55. The van der Waals surface area contributed by atoms with Crippen molar-refractivity contribution < 1.29 is 14.7 Å². The van der Waals surface area contributed by atoms with Crippen LogP contribution in [0.4, 0.5) is 0 Å². The molecule has 1 aliphatic rings. The molecule has 0 saturated carbocycles. The van der Waals surface area contributed by atoms with Gasteiger partial charge in [-0.05, 0) is 36.3 Å². The van der Waals surface area contributed by atoms with Crippen LogP contribution in [-0.2, 0) is 16.0 Å². The van der Waals surface area contributed by atoms with Gasteiger partial charge in [-0.2, -0.15) is 5.26 Å². The molecular formula is C23H22ClN3O3. The van der Waals surface area contributed by atoms with Crippen molar-refractivity contribution in [3.63, 3.8) is 0 Å². The van der Waals surface area contributed by atoms with Gasteiger partial charge in [-0.25, -0.2) is 0 Å². The Balaban J connectivity index is 1.70. The molecule has 1 aliphatic heterocycles. The van der Waals surface area contributed by atoms with Gasteiger partial charge in [0.05, 0.1) is 16.7 Å². The van der Waals surface area contributed by atoms with Crippen molar-refractivity contribution in [2.45, 2.75) is 12.8 Å². The highest BCUT2D eigenvalue weighted by molar-refractivity contribution is 6.33. The molecule has 0 spiro atoms. The number of nitriles is 1. The summed E-state index contributed by atoms with van der Waals surface area (Å²) in [5.41, 5.74) is 2.40. The van der Waals surface area contributed by atoms with E-state index in [0.29, 0.717) is 59.9 Å². The lowest BCUT2D eigenvalue weighted by Gasteiger charge is -2.34. The van der Waals surface area contributed by atoms with Gasteiger partial charge in [-0.3, -0.25) is 9.59 Å². The minimum atomic E-state index is -0.127. The van der Waals surface area contributed by atoms with Gasteiger partial charge < -0.3 is 14.9 Å². The second kappa shape index (κ2) is 9.47. The van der Waals surface area contributed by atoms with Crippen molar-refractivity contribution in [2.24, 2.45) is 0 Å². The molecule has 0 aliphatic carbocycles. The van der Waals surface area contributed by atoms with Crippen molar-refractivity contribution in [1.29, 1.82) is 5.26 Å². The Labute approximate surface area is 180 Å². The van der Waals surface area contributed by atoms with E-state index in [1.807, 2.05) is 6.07 Å². The topological polar surface area (TPSA) is 84.6 Å². The number of phenols is 1. The Morgan fingerprint density at radius 2 is 1.80 bits per heavy atom. The minimum absolute atomic E-state index is 0.0207. The zero-order chi connectivity index (χ0) is 21.7. The molecule has 0 unspecified atom stereocenters. The average Bonchev–Trinajstić information content (AvgIpc) is 2.78. The maximum atomic E-state index is 12.6. The molecule has 0 aromatic heterocycles. The Morgan fingerprint density at radius 1 is 1.13 bits per heavy atom. The fourth-order valence-electron chi connectivity index (χ4n) is 3.53. The summed E-state index contributed by atoms with van der Waals surface area (Å²) >= 11 is 6.32. The van der Waals surface area contributed by atoms with Gasteiger partial charge in [0.1, 0.15) is 5.75 Å². The Hall–Kier alpha value is -3.30. The quantitative estimate of drug-likeness (QED) is 0.747. The number of nitrogens with zero attached hydrogens (tertiary/aromatic N) is 3. The molecule has 2 aromatic carbocycles. The van der Waals surface area contributed by atoms with E-state index in [1.54, 1.807) is 34.1 Å². The smallest absolute Gasteiger partial charge is 0.246 e. The number of halogens is 1. The highest BCUT2D eigenvalue weighted by atomic mass is 35.5. The van der Waals surface area contributed by atoms with E-state index in [-0.39, 0.29) is 24.0 Å². The number of hydrogen-bond acceptors (Lipinski definition) is 4. The van der Waals surface area contributed by atoms with Gasteiger partial charge >= 0.3 is 0 Å². The van der Waals surface area contributed by atoms with Crippen LogP contribution in [0.5, 0.6) is 5.75 Å². The number of carbonyl (C=O) groups excluding carboxylic acids is 2. The fraction of sp³-hybridized carbons (Fsp3) is 0.261. The number of phenolic OH excluding ortho intramolecular Hbond substituents is 1. The summed E-state index contributed by atoms with van der Waals surface area (Å²) in [6.07, 6.45) is 1.85. The Kier molecular flexibility index (Phi) is 6.76. The number of amides is 2. The normalized spacial score (nSPS) is 13.6. The van der Waals surface area contributed by atoms with Crippen molar-refractivity contribution in [1.82, 2.24) is 9.80 Å². The molecule has 1 saturated heterocycles. The van der Waals surface area contributed by atoms with E-state index < -0.39 is 0 Å². The van der Waals surface area contributed by atoms with E-state index in [2.05, 4.69) is 12.6 Å². The second-order valence-electron chi connectivity index (χ2n) is 7.03. The number of rotatable bonds is 5. The molecule has 2 amide bonds. The van der Waals surface area contributed by atoms with Crippen LogP contribution in [0.25, 0.3) is 11.1 Å². The monoisotopic (exact) mass is 423 g/mol. The first-order chi connectivity index (χ1) is 14.4. The SMILES string of the molecule is C=CC(=O)N1CCN(C(=O)CCc2cc(-c3ccccc3C#N)c(Cl)cc2O)CC1. The molecule has 1 N–H and O–H groups in total. The van der Waals surface area contributed by atoms with Gasteiger partial charge in [0.2, 0.25) is 11.8 Å². The summed E-state index contributed by atoms with van der Waals surface area (Å²) in [5, 5.41) is 20.0. The van der Waals surface area contributed by atoms with Crippen LogP contribution < -0.4 is 0 Å². The zero-order valence-corrected chi connectivity index (χ0v) is 17.2. The standard InChI is InChI=1S/C23H22ClN3O3/c1-2-22(29)26-9-11-27(12-10-26)23(30)8-7-16-13-19(20(24)14-21(16)28)18-6-4-3-5-17(18)15-25/h2-6,13-14,28H,1,7-12H2.